The van der Waals surface area contributed by atoms with E-state index in [1.807, 2.05) is 0 Å². The van der Waals surface area contributed by atoms with Crippen molar-refractivity contribution >= 4 is 29.2 Å². The SMILES string of the molecule is COC(=O)C[C@@H](O)c1ccc(Cl)cc1Cl. The normalized spacial score (nSPS) is 12.3. The van der Waals surface area contributed by atoms with Crippen LogP contribution in [0.4, 0.5) is 0 Å². The van der Waals surface area contributed by atoms with E-state index in [1.165, 1.54) is 13.2 Å². The van der Waals surface area contributed by atoms with Crippen molar-refractivity contribution < 1.29 is 14.6 Å². The van der Waals surface area contributed by atoms with Crippen molar-refractivity contribution in [1.29, 1.82) is 0 Å². The van der Waals surface area contributed by atoms with E-state index in [1.54, 1.807) is 12.1 Å². The molecule has 0 aromatic heterocycles. The number of benzene rings is 1. The molecule has 0 radical (unpaired) electrons. The van der Waals surface area contributed by atoms with Crippen LogP contribution in [0.15, 0.2) is 18.2 Å². The van der Waals surface area contributed by atoms with Crippen LogP contribution in [0.5, 0.6) is 0 Å². The number of hydrogen-bond acceptors (Lipinski definition) is 3. The molecule has 1 atom stereocenters. The Morgan fingerprint density at radius 2 is 2.20 bits per heavy atom. The molecule has 0 unspecified atom stereocenters. The van der Waals surface area contributed by atoms with E-state index in [0.717, 1.165) is 0 Å². The first kappa shape index (κ1) is 12.3. The quantitative estimate of drug-likeness (QED) is 0.837. The summed E-state index contributed by atoms with van der Waals surface area (Å²) >= 11 is 11.6. The largest absolute Gasteiger partial charge is 0.469 e. The first-order chi connectivity index (χ1) is 7.04. The topological polar surface area (TPSA) is 46.5 Å². The highest BCUT2D eigenvalue weighted by molar-refractivity contribution is 6.35. The second-order valence-corrected chi connectivity index (χ2v) is 3.81. The van der Waals surface area contributed by atoms with Gasteiger partial charge in [-0.15, -0.1) is 0 Å². The zero-order valence-electron chi connectivity index (χ0n) is 8.04. The van der Waals surface area contributed by atoms with Crippen LogP contribution in [0, 0.1) is 0 Å². The van der Waals surface area contributed by atoms with E-state index in [4.69, 9.17) is 23.2 Å². The van der Waals surface area contributed by atoms with Gasteiger partial charge in [0.15, 0.2) is 0 Å². The lowest BCUT2D eigenvalue weighted by molar-refractivity contribution is -0.142. The van der Waals surface area contributed by atoms with Gasteiger partial charge < -0.3 is 9.84 Å². The third kappa shape index (κ3) is 3.38. The summed E-state index contributed by atoms with van der Waals surface area (Å²) in [6, 6.07) is 4.69. The molecule has 0 aliphatic carbocycles. The van der Waals surface area contributed by atoms with Crippen LogP contribution in [-0.2, 0) is 9.53 Å². The maximum Gasteiger partial charge on any atom is 0.308 e. The standard InChI is InChI=1S/C10H10Cl2O3/c1-15-10(14)5-9(13)7-3-2-6(11)4-8(7)12/h2-4,9,13H,5H2,1H3/t9-/m1/s1. The van der Waals surface area contributed by atoms with E-state index in [-0.39, 0.29) is 6.42 Å². The van der Waals surface area contributed by atoms with Crippen LogP contribution < -0.4 is 0 Å². The van der Waals surface area contributed by atoms with Gasteiger partial charge in [0, 0.05) is 10.0 Å². The molecule has 0 bridgehead atoms. The van der Waals surface area contributed by atoms with Crippen LogP contribution >= 0.6 is 23.2 Å². The molecule has 0 heterocycles. The van der Waals surface area contributed by atoms with Gasteiger partial charge >= 0.3 is 5.97 Å². The van der Waals surface area contributed by atoms with Gasteiger partial charge in [0.25, 0.3) is 0 Å². The van der Waals surface area contributed by atoms with Gasteiger partial charge in [0.2, 0.25) is 0 Å². The average molecular weight is 249 g/mol. The molecular weight excluding hydrogens is 239 g/mol. The number of methoxy groups -OCH3 is 1. The molecule has 3 nitrogen and oxygen atoms in total. The Bertz CT molecular complexity index is 366. The second-order valence-electron chi connectivity index (χ2n) is 2.96. The smallest absolute Gasteiger partial charge is 0.308 e. The highest BCUT2D eigenvalue weighted by atomic mass is 35.5. The molecular formula is C10H10Cl2O3. The summed E-state index contributed by atoms with van der Waals surface area (Å²) in [5.41, 5.74) is 0.464. The number of ether oxygens (including phenoxy) is 1. The van der Waals surface area contributed by atoms with E-state index in [2.05, 4.69) is 4.74 Å². The summed E-state index contributed by atoms with van der Waals surface area (Å²) in [5, 5.41) is 10.5. The number of rotatable bonds is 3. The minimum atomic E-state index is -0.970. The Kier molecular flexibility index (Phi) is 4.39. The zero-order valence-corrected chi connectivity index (χ0v) is 9.55. The zero-order chi connectivity index (χ0) is 11.4. The molecule has 5 heteroatoms. The van der Waals surface area contributed by atoms with Gasteiger partial charge in [0.1, 0.15) is 0 Å². The molecule has 0 aliphatic rings. The number of esters is 1. The van der Waals surface area contributed by atoms with Crippen LogP contribution in [-0.4, -0.2) is 18.2 Å². The van der Waals surface area contributed by atoms with Gasteiger partial charge in [-0.05, 0) is 17.7 Å². The van der Waals surface area contributed by atoms with Crippen molar-refractivity contribution in [2.75, 3.05) is 7.11 Å². The molecule has 0 saturated heterocycles. The lowest BCUT2D eigenvalue weighted by Gasteiger charge is -2.11. The first-order valence-corrected chi connectivity index (χ1v) is 5.00. The molecule has 0 amide bonds. The van der Waals surface area contributed by atoms with Gasteiger partial charge in [-0.1, -0.05) is 29.3 Å². The fraction of sp³-hybridized carbons (Fsp3) is 0.300. The highest BCUT2D eigenvalue weighted by Gasteiger charge is 2.16. The van der Waals surface area contributed by atoms with E-state index in [0.29, 0.717) is 15.6 Å². The molecule has 1 aromatic carbocycles. The maximum absolute atomic E-state index is 10.9. The van der Waals surface area contributed by atoms with Crippen molar-refractivity contribution in [3.05, 3.63) is 33.8 Å². The molecule has 0 saturated carbocycles. The maximum atomic E-state index is 10.9. The lowest BCUT2D eigenvalue weighted by Crippen LogP contribution is -2.08. The molecule has 15 heavy (non-hydrogen) atoms. The Morgan fingerprint density at radius 1 is 1.53 bits per heavy atom. The van der Waals surface area contributed by atoms with Crippen LogP contribution in [0.3, 0.4) is 0 Å². The summed E-state index contributed by atoms with van der Waals surface area (Å²) in [6.45, 7) is 0. The van der Waals surface area contributed by atoms with Gasteiger partial charge in [-0.2, -0.15) is 0 Å². The Labute approximate surface area is 97.6 Å². The predicted molar refractivity (Wildman–Crippen MR) is 58.1 cm³/mol. The van der Waals surface area contributed by atoms with Crippen molar-refractivity contribution in [3.63, 3.8) is 0 Å². The first-order valence-electron chi connectivity index (χ1n) is 4.24. The number of aliphatic hydroxyl groups excluding tert-OH is 1. The fourth-order valence-electron chi connectivity index (χ4n) is 1.12. The van der Waals surface area contributed by atoms with E-state index in [9.17, 15) is 9.90 Å². The Morgan fingerprint density at radius 3 is 2.73 bits per heavy atom. The summed E-state index contributed by atoms with van der Waals surface area (Å²) in [5.74, 6) is -0.492. The number of carbonyl (C=O) groups excluding carboxylic acids is 1. The second kappa shape index (κ2) is 5.35. The number of carbonyl (C=O) groups is 1. The van der Waals surface area contributed by atoms with Crippen LogP contribution in [0.25, 0.3) is 0 Å². The van der Waals surface area contributed by atoms with Gasteiger partial charge in [-0.25, -0.2) is 0 Å². The monoisotopic (exact) mass is 248 g/mol. The Hall–Kier alpha value is -0.770. The number of halogens is 2. The average Bonchev–Trinajstić information content (AvgIpc) is 2.17. The molecule has 82 valence electrons. The fourth-order valence-corrected chi connectivity index (χ4v) is 1.66. The van der Waals surface area contributed by atoms with Crippen molar-refractivity contribution in [3.8, 4) is 0 Å². The third-order valence-corrected chi connectivity index (χ3v) is 2.47. The highest BCUT2D eigenvalue weighted by Crippen LogP contribution is 2.28. The molecule has 1 rings (SSSR count). The number of aliphatic hydroxyl groups is 1. The molecule has 0 spiro atoms. The summed E-state index contributed by atoms with van der Waals surface area (Å²) in [4.78, 5) is 10.9. The number of hydrogen-bond donors (Lipinski definition) is 1. The lowest BCUT2D eigenvalue weighted by atomic mass is 10.1. The van der Waals surface area contributed by atoms with Crippen LogP contribution in [0.1, 0.15) is 18.1 Å². The minimum absolute atomic E-state index is 0.127. The van der Waals surface area contributed by atoms with Gasteiger partial charge in [-0.3, -0.25) is 4.79 Å². The van der Waals surface area contributed by atoms with Gasteiger partial charge in [0.05, 0.1) is 19.6 Å². The van der Waals surface area contributed by atoms with E-state index >= 15 is 0 Å². The summed E-state index contributed by atoms with van der Waals surface area (Å²) < 4.78 is 4.44. The van der Waals surface area contributed by atoms with Crippen molar-refractivity contribution in [2.45, 2.75) is 12.5 Å². The van der Waals surface area contributed by atoms with Crippen LogP contribution in [0.2, 0.25) is 10.0 Å². The third-order valence-electron chi connectivity index (χ3n) is 1.91. The molecule has 0 fully saturated rings. The minimum Gasteiger partial charge on any atom is -0.469 e. The predicted octanol–water partition coefficient (Wildman–Crippen LogP) is 2.59. The molecule has 0 aliphatic heterocycles. The van der Waals surface area contributed by atoms with Crippen molar-refractivity contribution in [1.82, 2.24) is 0 Å². The van der Waals surface area contributed by atoms with Crippen molar-refractivity contribution in [2.24, 2.45) is 0 Å². The summed E-state index contributed by atoms with van der Waals surface area (Å²) in [6.07, 6.45) is -1.10. The Balaban J connectivity index is 2.82. The summed E-state index contributed by atoms with van der Waals surface area (Å²) in [7, 11) is 1.26. The molecule has 1 aromatic rings. The molecule has 1 N–H and O–H groups in total. The van der Waals surface area contributed by atoms with E-state index < -0.39 is 12.1 Å².